The van der Waals surface area contributed by atoms with E-state index in [-0.39, 0.29) is 17.3 Å². The smallest absolute Gasteiger partial charge is 0.232 e. The average molecular weight is 486 g/mol. The Hall–Kier alpha value is -2.75. The summed E-state index contributed by atoms with van der Waals surface area (Å²) in [5, 5.41) is 9.51. The van der Waals surface area contributed by atoms with Crippen LogP contribution < -0.4 is 9.64 Å². The van der Waals surface area contributed by atoms with E-state index in [1.807, 2.05) is 22.8 Å². The Morgan fingerprint density at radius 3 is 2.91 bits per heavy atom. The summed E-state index contributed by atoms with van der Waals surface area (Å²) >= 11 is 6.44. The number of aromatic nitrogens is 4. The Bertz CT molecular complexity index is 1200. The predicted octanol–water partition coefficient (Wildman–Crippen LogP) is 3.55. The molecule has 0 spiro atoms. The summed E-state index contributed by atoms with van der Waals surface area (Å²) in [5.74, 6) is 2.08. The zero-order valence-electron chi connectivity index (χ0n) is 18.8. The third-order valence-corrected chi connectivity index (χ3v) is 7.45. The topological polar surface area (TPSA) is 74.5 Å². The molecule has 2 aliphatic heterocycles. The van der Waals surface area contributed by atoms with Crippen molar-refractivity contribution in [2.45, 2.75) is 31.0 Å². The van der Waals surface area contributed by atoms with Crippen LogP contribution in [0.2, 0.25) is 5.02 Å². The molecule has 0 radical (unpaired) electrons. The van der Waals surface area contributed by atoms with Crippen LogP contribution in [0, 0.1) is 11.7 Å². The first-order valence-corrected chi connectivity index (χ1v) is 11.8. The molecule has 2 saturated heterocycles. The number of anilines is 1. The molecule has 0 N–H and O–H groups in total. The summed E-state index contributed by atoms with van der Waals surface area (Å²) < 4.78 is 32.3. The van der Waals surface area contributed by atoms with Crippen LogP contribution in [0.15, 0.2) is 36.5 Å². The molecular formula is C24H25ClFN5O3. The zero-order valence-corrected chi connectivity index (χ0v) is 19.5. The monoisotopic (exact) mass is 485 g/mol. The summed E-state index contributed by atoms with van der Waals surface area (Å²) in [4.78, 5) is 6.60. The maximum Gasteiger partial charge on any atom is 0.232 e. The first-order valence-electron chi connectivity index (χ1n) is 11.4. The molecule has 3 aliphatic rings. The van der Waals surface area contributed by atoms with Crippen molar-refractivity contribution in [3.63, 3.8) is 0 Å². The molecule has 0 bridgehead atoms. The molecule has 178 valence electrons. The van der Waals surface area contributed by atoms with Crippen molar-refractivity contribution in [3.8, 4) is 11.6 Å². The molecule has 0 amide bonds. The van der Waals surface area contributed by atoms with Gasteiger partial charge in [0.25, 0.3) is 0 Å². The van der Waals surface area contributed by atoms with Gasteiger partial charge in [0.1, 0.15) is 12.4 Å². The second-order valence-electron chi connectivity index (χ2n) is 9.17. The maximum atomic E-state index is 13.6. The molecule has 1 unspecified atom stereocenters. The van der Waals surface area contributed by atoms with Crippen molar-refractivity contribution in [1.29, 1.82) is 0 Å². The summed E-state index contributed by atoms with van der Waals surface area (Å²) in [7, 11) is 1.59. The summed E-state index contributed by atoms with van der Waals surface area (Å²) in [6.45, 7) is 3.20. The lowest BCUT2D eigenvalue weighted by Gasteiger charge is -2.23. The van der Waals surface area contributed by atoms with Crippen molar-refractivity contribution >= 4 is 17.5 Å². The van der Waals surface area contributed by atoms with Gasteiger partial charge in [-0.2, -0.15) is 0 Å². The number of piperidine rings is 1. The van der Waals surface area contributed by atoms with Gasteiger partial charge in [0.15, 0.2) is 5.82 Å². The van der Waals surface area contributed by atoms with Crippen molar-refractivity contribution in [2.24, 2.45) is 5.92 Å². The summed E-state index contributed by atoms with van der Waals surface area (Å²) in [6.07, 6.45) is 3.72. The van der Waals surface area contributed by atoms with Gasteiger partial charge in [-0.1, -0.05) is 17.7 Å². The van der Waals surface area contributed by atoms with Crippen LogP contribution in [0.3, 0.4) is 0 Å². The average Bonchev–Trinajstić information content (AvgIpc) is 3.27. The largest absolute Gasteiger partial charge is 0.481 e. The normalized spacial score (nSPS) is 25.6. The van der Waals surface area contributed by atoms with E-state index in [4.69, 9.17) is 25.8 Å². The minimum atomic E-state index is -0.318. The lowest BCUT2D eigenvalue weighted by Crippen LogP contribution is -2.29. The highest BCUT2D eigenvalue weighted by molar-refractivity contribution is 6.31. The van der Waals surface area contributed by atoms with Gasteiger partial charge in [-0.3, -0.25) is 4.57 Å². The van der Waals surface area contributed by atoms with E-state index in [0.29, 0.717) is 42.5 Å². The van der Waals surface area contributed by atoms with Crippen LogP contribution in [0.25, 0.3) is 5.69 Å². The Morgan fingerprint density at radius 1 is 1.26 bits per heavy atom. The number of halogens is 2. The number of rotatable bonds is 7. The number of ether oxygens (including phenoxy) is 3. The minimum Gasteiger partial charge on any atom is -0.481 e. The van der Waals surface area contributed by atoms with Crippen LogP contribution in [0.4, 0.5) is 10.3 Å². The van der Waals surface area contributed by atoms with Gasteiger partial charge in [-0.15, -0.1) is 10.2 Å². The Kier molecular flexibility index (Phi) is 5.43. The van der Waals surface area contributed by atoms with Gasteiger partial charge in [0.2, 0.25) is 11.8 Å². The third-order valence-electron chi connectivity index (χ3n) is 7.13. The number of pyridine rings is 1. The van der Waals surface area contributed by atoms with Crippen LogP contribution >= 0.6 is 11.6 Å². The quantitative estimate of drug-likeness (QED) is 0.506. The predicted molar refractivity (Wildman–Crippen MR) is 123 cm³/mol. The van der Waals surface area contributed by atoms with Crippen molar-refractivity contribution in [1.82, 2.24) is 19.7 Å². The van der Waals surface area contributed by atoms with Gasteiger partial charge in [-0.05, 0) is 42.5 Å². The van der Waals surface area contributed by atoms with E-state index in [1.165, 1.54) is 12.1 Å². The van der Waals surface area contributed by atoms with Crippen LogP contribution in [-0.4, -0.2) is 59.3 Å². The second-order valence-corrected chi connectivity index (χ2v) is 9.58. The number of benzene rings is 1. The van der Waals surface area contributed by atoms with E-state index in [0.717, 1.165) is 43.1 Å². The molecule has 1 aromatic carbocycles. The molecule has 2 aromatic heterocycles. The van der Waals surface area contributed by atoms with Crippen molar-refractivity contribution in [3.05, 3.63) is 58.8 Å². The molecule has 6 rings (SSSR count). The second kappa shape index (κ2) is 8.48. The minimum absolute atomic E-state index is 0.0610. The van der Waals surface area contributed by atoms with Crippen molar-refractivity contribution < 1.29 is 18.6 Å². The zero-order chi connectivity index (χ0) is 23.3. The third kappa shape index (κ3) is 3.72. The molecule has 8 nitrogen and oxygen atoms in total. The highest BCUT2D eigenvalue weighted by atomic mass is 35.5. The van der Waals surface area contributed by atoms with Gasteiger partial charge < -0.3 is 19.1 Å². The van der Waals surface area contributed by atoms with E-state index in [9.17, 15) is 4.39 Å². The first kappa shape index (κ1) is 21.8. The molecule has 34 heavy (non-hydrogen) atoms. The fourth-order valence-corrected chi connectivity index (χ4v) is 5.63. The molecule has 3 aromatic rings. The molecule has 3 atom stereocenters. The molecular weight excluding hydrogens is 461 g/mol. The van der Waals surface area contributed by atoms with Gasteiger partial charge in [-0.25, -0.2) is 9.37 Å². The number of nitrogens with zero attached hydrogens (tertiary/aromatic N) is 5. The van der Waals surface area contributed by atoms with E-state index in [2.05, 4.69) is 20.1 Å². The Morgan fingerprint density at radius 2 is 2.18 bits per heavy atom. The van der Waals surface area contributed by atoms with Crippen LogP contribution in [0.5, 0.6) is 5.88 Å². The first-order chi connectivity index (χ1) is 16.6. The standard InChI is InChI=1S/C24H25ClFN5O3/c1-32-22-5-3-17(10-27-22)31-21(13-34-18-6-7-33-12-18)28-29-23(31)30-11-15-9-24(15,14-30)19-4-2-16(26)8-20(19)25/h2-5,8,10,15,18H,6-7,9,11-14H2,1H3/t15-,18?,24-/m0/s1. The van der Waals surface area contributed by atoms with Crippen LogP contribution in [-0.2, 0) is 21.5 Å². The lowest BCUT2D eigenvalue weighted by atomic mass is 9.95. The van der Waals surface area contributed by atoms with Gasteiger partial charge in [0, 0.05) is 36.2 Å². The molecule has 1 saturated carbocycles. The molecule has 4 heterocycles. The van der Waals surface area contributed by atoms with E-state index >= 15 is 0 Å². The summed E-state index contributed by atoms with van der Waals surface area (Å²) in [6, 6.07) is 8.46. The number of fused-ring (bicyclic) bond motifs is 1. The van der Waals surface area contributed by atoms with Gasteiger partial charge in [0.05, 0.1) is 31.7 Å². The fourth-order valence-electron chi connectivity index (χ4n) is 5.28. The molecule has 10 heteroatoms. The highest BCUT2D eigenvalue weighted by Gasteiger charge is 2.62. The van der Waals surface area contributed by atoms with Crippen LogP contribution in [0.1, 0.15) is 24.2 Å². The lowest BCUT2D eigenvalue weighted by molar-refractivity contribution is 0.0277. The van der Waals surface area contributed by atoms with E-state index in [1.54, 1.807) is 13.3 Å². The van der Waals surface area contributed by atoms with Gasteiger partial charge >= 0.3 is 0 Å². The Labute approximate surface area is 201 Å². The Balaban J connectivity index is 1.31. The number of hydrogen-bond donors (Lipinski definition) is 0. The molecule has 1 aliphatic carbocycles. The maximum absolute atomic E-state index is 13.6. The van der Waals surface area contributed by atoms with E-state index < -0.39 is 0 Å². The number of hydrogen-bond acceptors (Lipinski definition) is 7. The fraction of sp³-hybridized carbons (Fsp3) is 0.458. The molecule has 3 fully saturated rings. The highest BCUT2D eigenvalue weighted by Crippen LogP contribution is 2.60. The van der Waals surface area contributed by atoms with Crippen molar-refractivity contribution in [2.75, 3.05) is 38.3 Å². The number of methoxy groups -OCH3 is 1. The SMILES string of the molecule is COc1ccc(-n2c(COC3CCOC3)nnc2N2C[C@@H]3C[C@]3(c3ccc(F)cc3Cl)C2)cn1. The summed E-state index contributed by atoms with van der Waals surface area (Å²) in [5.41, 5.74) is 1.75.